The van der Waals surface area contributed by atoms with Gasteiger partial charge in [0.15, 0.2) is 0 Å². The highest BCUT2D eigenvalue weighted by Gasteiger charge is 2.56. The van der Waals surface area contributed by atoms with E-state index in [0.29, 0.717) is 26.0 Å². The van der Waals surface area contributed by atoms with Crippen molar-refractivity contribution in [2.24, 2.45) is 11.1 Å². The Hall–Kier alpha value is -1.21. The van der Waals surface area contributed by atoms with Crippen LogP contribution in [0.3, 0.4) is 0 Å². The highest BCUT2D eigenvalue weighted by Crippen LogP contribution is 2.48. The van der Waals surface area contributed by atoms with Gasteiger partial charge in [0.05, 0.1) is 23.6 Å². The van der Waals surface area contributed by atoms with Crippen molar-refractivity contribution in [3.05, 3.63) is 0 Å². The number of nitrogens with one attached hydrogen (secondary N) is 1. The zero-order valence-corrected chi connectivity index (χ0v) is 11.1. The van der Waals surface area contributed by atoms with E-state index in [1.807, 2.05) is 0 Å². The van der Waals surface area contributed by atoms with Crippen LogP contribution >= 0.6 is 12.2 Å². The van der Waals surface area contributed by atoms with Gasteiger partial charge in [0.25, 0.3) is 0 Å². The summed E-state index contributed by atoms with van der Waals surface area (Å²) < 4.78 is 5.26. The lowest BCUT2D eigenvalue weighted by Gasteiger charge is -2.36. The summed E-state index contributed by atoms with van der Waals surface area (Å²) >= 11 is 4.97. The summed E-state index contributed by atoms with van der Waals surface area (Å²) in [7, 11) is 1.54. The summed E-state index contributed by atoms with van der Waals surface area (Å²) in [4.78, 5) is 26.0. The second-order valence-corrected chi connectivity index (χ2v) is 5.09. The third-order valence-electron chi connectivity index (χ3n) is 3.57. The first-order valence-corrected chi connectivity index (χ1v) is 6.34. The third-order valence-corrected chi connectivity index (χ3v) is 3.96. The van der Waals surface area contributed by atoms with Crippen LogP contribution in [0, 0.1) is 5.41 Å². The second-order valence-electron chi connectivity index (χ2n) is 4.65. The van der Waals surface area contributed by atoms with Crippen LogP contribution in [0.25, 0.3) is 0 Å². The molecule has 0 aromatic rings. The summed E-state index contributed by atoms with van der Waals surface area (Å²) in [6.45, 7) is 1.06. The van der Waals surface area contributed by atoms with E-state index in [2.05, 4.69) is 5.32 Å². The Morgan fingerprint density at radius 2 is 2.17 bits per heavy atom. The van der Waals surface area contributed by atoms with Crippen molar-refractivity contribution in [3.63, 3.8) is 0 Å². The molecule has 0 radical (unpaired) electrons. The molecule has 1 saturated heterocycles. The largest absolute Gasteiger partial charge is 0.392 e. The van der Waals surface area contributed by atoms with Gasteiger partial charge in [0, 0.05) is 13.6 Å². The van der Waals surface area contributed by atoms with Crippen LogP contribution in [0.15, 0.2) is 0 Å². The fraction of sp³-hybridized carbons (Fsp3) is 0.727. The van der Waals surface area contributed by atoms with Gasteiger partial charge in [-0.3, -0.25) is 9.59 Å². The fourth-order valence-corrected chi connectivity index (χ4v) is 2.49. The number of ether oxygens (including phenoxy) is 1. The Morgan fingerprint density at radius 1 is 1.50 bits per heavy atom. The van der Waals surface area contributed by atoms with Gasteiger partial charge in [0.1, 0.15) is 6.04 Å². The highest BCUT2D eigenvalue weighted by molar-refractivity contribution is 7.80. The number of amides is 2. The number of likely N-dealkylation sites (N-methyl/N-ethyl adjacent to an activating group) is 1. The van der Waals surface area contributed by atoms with Crippen LogP contribution in [0.4, 0.5) is 0 Å². The molecule has 0 spiro atoms. The van der Waals surface area contributed by atoms with Crippen molar-refractivity contribution < 1.29 is 14.3 Å². The molecule has 3 N–H and O–H groups in total. The van der Waals surface area contributed by atoms with Crippen LogP contribution in [0.2, 0.25) is 0 Å². The van der Waals surface area contributed by atoms with Crippen molar-refractivity contribution in [2.45, 2.75) is 18.9 Å². The zero-order valence-electron chi connectivity index (χ0n) is 10.3. The van der Waals surface area contributed by atoms with Crippen LogP contribution in [-0.4, -0.2) is 54.6 Å². The van der Waals surface area contributed by atoms with Gasteiger partial charge in [-0.05, 0) is 12.8 Å². The predicted molar refractivity (Wildman–Crippen MR) is 68.8 cm³/mol. The Labute approximate surface area is 111 Å². The molecule has 1 saturated carbocycles. The van der Waals surface area contributed by atoms with Crippen LogP contribution in [0.1, 0.15) is 12.8 Å². The van der Waals surface area contributed by atoms with Gasteiger partial charge < -0.3 is 20.7 Å². The minimum absolute atomic E-state index is 0.132. The monoisotopic (exact) mass is 271 g/mol. The van der Waals surface area contributed by atoms with Gasteiger partial charge >= 0.3 is 0 Å². The van der Waals surface area contributed by atoms with E-state index in [-0.39, 0.29) is 23.4 Å². The van der Waals surface area contributed by atoms with E-state index in [1.165, 1.54) is 0 Å². The summed E-state index contributed by atoms with van der Waals surface area (Å²) in [6, 6.07) is -0.580. The molecule has 0 bridgehead atoms. The number of hydrogen-bond donors (Lipinski definition) is 2. The maximum atomic E-state index is 12.5. The molecule has 1 heterocycles. The van der Waals surface area contributed by atoms with Gasteiger partial charge in [-0.1, -0.05) is 12.2 Å². The molecule has 6 nitrogen and oxygen atoms in total. The van der Waals surface area contributed by atoms with Crippen molar-refractivity contribution in [2.75, 3.05) is 26.8 Å². The maximum absolute atomic E-state index is 12.5. The Kier molecular flexibility index (Phi) is 3.54. The molecular formula is C11H17N3O3S. The molecule has 1 unspecified atom stereocenters. The molecule has 1 aliphatic carbocycles. The molecule has 1 aliphatic heterocycles. The molecule has 2 fully saturated rings. The minimum atomic E-state index is -0.709. The smallest absolute Gasteiger partial charge is 0.244 e. The van der Waals surface area contributed by atoms with Crippen LogP contribution in [-0.2, 0) is 14.3 Å². The molecule has 0 aromatic heterocycles. The first kappa shape index (κ1) is 13.2. The topological polar surface area (TPSA) is 84.7 Å². The molecule has 0 aromatic carbocycles. The summed E-state index contributed by atoms with van der Waals surface area (Å²) in [6.07, 6.45) is 1.36. The van der Waals surface area contributed by atoms with E-state index in [1.54, 1.807) is 11.9 Å². The van der Waals surface area contributed by atoms with Gasteiger partial charge in [0.2, 0.25) is 11.8 Å². The zero-order chi connectivity index (χ0) is 13.3. The van der Waals surface area contributed by atoms with Crippen molar-refractivity contribution in [1.82, 2.24) is 10.2 Å². The first-order chi connectivity index (χ1) is 8.53. The third kappa shape index (κ3) is 2.08. The molecule has 1 atom stereocenters. The van der Waals surface area contributed by atoms with E-state index >= 15 is 0 Å². The van der Waals surface area contributed by atoms with Gasteiger partial charge in [-0.25, -0.2) is 0 Å². The number of rotatable bonds is 3. The molecule has 100 valence electrons. The number of nitrogens with two attached hydrogens (primary N) is 1. The fourth-order valence-electron chi connectivity index (χ4n) is 2.20. The SMILES string of the molecule is CNC(=O)C1COCCN1C(=O)C1(C(N)=S)CC1. The minimum Gasteiger partial charge on any atom is -0.392 e. The Balaban J connectivity index is 2.17. The Bertz CT molecular complexity index is 395. The summed E-state index contributed by atoms with van der Waals surface area (Å²) in [5, 5.41) is 2.54. The standard InChI is InChI=1S/C11H17N3O3S/c1-13-8(15)7-6-17-5-4-14(7)10(16)11(2-3-11)9(12)18/h7H,2-6H2,1H3,(H2,12,18)(H,13,15). The average molecular weight is 271 g/mol. The number of thiocarbonyl (C=S) groups is 1. The highest BCUT2D eigenvalue weighted by atomic mass is 32.1. The quantitative estimate of drug-likeness (QED) is 0.645. The second kappa shape index (κ2) is 4.81. The molecule has 7 heteroatoms. The molecule has 18 heavy (non-hydrogen) atoms. The van der Waals surface area contributed by atoms with E-state index < -0.39 is 11.5 Å². The van der Waals surface area contributed by atoms with Gasteiger partial charge in [-0.15, -0.1) is 0 Å². The lowest BCUT2D eigenvalue weighted by atomic mass is 10.0. The normalized spacial score (nSPS) is 25.4. The lowest BCUT2D eigenvalue weighted by molar-refractivity contribution is -0.150. The van der Waals surface area contributed by atoms with Crippen molar-refractivity contribution >= 4 is 29.0 Å². The van der Waals surface area contributed by atoms with Crippen LogP contribution in [0.5, 0.6) is 0 Å². The number of carbonyl (C=O) groups is 2. The van der Waals surface area contributed by atoms with E-state index in [9.17, 15) is 9.59 Å². The first-order valence-electron chi connectivity index (χ1n) is 5.93. The number of morpholine rings is 1. The molecule has 2 rings (SSSR count). The lowest BCUT2D eigenvalue weighted by Crippen LogP contribution is -2.58. The summed E-state index contributed by atoms with van der Waals surface area (Å²) in [5.74, 6) is -0.353. The molecular weight excluding hydrogens is 254 g/mol. The number of nitrogens with zero attached hydrogens (tertiary/aromatic N) is 1. The number of carbonyl (C=O) groups excluding carboxylic acids is 2. The number of hydrogen-bond acceptors (Lipinski definition) is 4. The molecule has 2 aliphatic rings. The average Bonchev–Trinajstić information content (AvgIpc) is 3.18. The molecule has 2 amide bonds. The maximum Gasteiger partial charge on any atom is 0.244 e. The van der Waals surface area contributed by atoms with Gasteiger partial charge in [-0.2, -0.15) is 0 Å². The Morgan fingerprint density at radius 3 is 2.67 bits per heavy atom. The van der Waals surface area contributed by atoms with Crippen molar-refractivity contribution in [1.29, 1.82) is 0 Å². The van der Waals surface area contributed by atoms with E-state index in [4.69, 9.17) is 22.7 Å². The van der Waals surface area contributed by atoms with E-state index in [0.717, 1.165) is 0 Å². The van der Waals surface area contributed by atoms with Crippen LogP contribution < -0.4 is 11.1 Å². The van der Waals surface area contributed by atoms with Crippen molar-refractivity contribution in [3.8, 4) is 0 Å². The summed E-state index contributed by atoms with van der Waals surface area (Å²) in [5.41, 5.74) is 4.94. The predicted octanol–water partition coefficient (Wildman–Crippen LogP) is -0.974.